The Bertz CT molecular complexity index is 851. The Balaban J connectivity index is 1.68. The first-order valence-corrected chi connectivity index (χ1v) is 11.6. The lowest BCUT2D eigenvalue weighted by molar-refractivity contribution is 0.0784. The molecule has 152 valence electrons. The standard InChI is InChI=1S/C23H32N2O2S/c1-18(2)22-10-12-23(13-11-22)28(26,27)24-16-19(3)25(20(4)17-24)15-14-21-8-6-5-7-9-21/h5-13,18-20H,14-17H2,1-4H3. The molecule has 1 aliphatic rings. The first-order chi connectivity index (χ1) is 13.3. The van der Waals surface area contributed by atoms with E-state index >= 15 is 0 Å². The molecule has 1 aliphatic heterocycles. The zero-order valence-electron chi connectivity index (χ0n) is 17.4. The highest BCUT2D eigenvalue weighted by molar-refractivity contribution is 7.89. The number of nitrogens with zero attached hydrogens (tertiary/aromatic N) is 2. The minimum atomic E-state index is -3.45. The summed E-state index contributed by atoms with van der Waals surface area (Å²) in [5.41, 5.74) is 2.48. The van der Waals surface area contributed by atoms with Crippen LogP contribution in [0, 0.1) is 0 Å². The van der Waals surface area contributed by atoms with Crippen molar-refractivity contribution >= 4 is 10.0 Å². The van der Waals surface area contributed by atoms with Crippen LogP contribution >= 0.6 is 0 Å². The topological polar surface area (TPSA) is 40.6 Å². The van der Waals surface area contributed by atoms with Crippen molar-refractivity contribution in [3.05, 3.63) is 65.7 Å². The summed E-state index contributed by atoms with van der Waals surface area (Å²) in [6.07, 6.45) is 0.985. The summed E-state index contributed by atoms with van der Waals surface area (Å²) in [7, 11) is -3.45. The Hall–Kier alpha value is -1.69. The molecule has 2 atom stereocenters. The second kappa shape index (κ2) is 8.76. The van der Waals surface area contributed by atoms with E-state index in [0.29, 0.717) is 23.9 Å². The van der Waals surface area contributed by atoms with Crippen molar-refractivity contribution < 1.29 is 8.42 Å². The number of hydrogen-bond acceptors (Lipinski definition) is 3. The summed E-state index contributed by atoms with van der Waals surface area (Å²) in [5, 5.41) is 0. The van der Waals surface area contributed by atoms with Crippen molar-refractivity contribution in [2.75, 3.05) is 19.6 Å². The van der Waals surface area contributed by atoms with Gasteiger partial charge in [0.1, 0.15) is 0 Å². The van der Waals surface area contributed by atoms with Crippen LogP contribution in [-0.4, -0.2) is 49.3 Å². The Morgan fingerprint density at radius 1 is 0.929 bits per heavy atom. The van der Waals surface area contributed by atoms with E-state index in [9.17, 15) is 8.42 Å². The Morgan fingerprint density at radius 2 is 1.50 bits per heavy atom. The van der Waals surface area contributed by atoms with Gasteiger partial charge in [0, 0.05) is 31.7 Å². The average molecular weight is 401 g/mol. The molecule has 0 bridgehead atoms. The number of sulfonamides is 1. The highest BCUT2D eigenvalue weighted by Gasteiger charge is 2.35. The van der Waals surface area contributed by atoms with Gasteiger partial charge in [0.2, 0.25) is 10.0 Å². The van der Waals surface area contributed by atoms with Crippen LogP contribution in [0.2, 0.25) is 0 Å². The van der Waals surface area contributed by atoms with E-state index in [2.05, 4.69) is 56.9 Å². The summed E-state index contributed by atoms with van der Waals surface area (Å²) in [6, 6.07) is 18.2. The number of benzene rings is 2. The molecule has 2 unspecified atom stereocenters. The molecule has 1 fully saturated rings. The third-order valence-electron chi connectivity index (χ3n) is 5.75. The van der Waals surface area contributed by atoms with Crippen molar-refractivity contribution in [2.45, 2.75) is 57.0 Å². The molecule has 2 aromatic carbocycles. The van der Waals surface area contributed by atoms with Crippen molar-refractivity contribution in [3.8, 4) is 0 Å². The van der Waals surface area contributed by atoms with Crippen LogP contribution in [0.4, 0.5) is 0 Å². The van der Waals surface area contributed by atoms with Gasteiger partial charge in [-0.15, -0.1) is 0 Å². The Morgan fingerprint density at radius 3 is 2.04 bits per heavy atom. The summed E-state index contributed by atoms with van der Waals surface area (Å²) >= 11 is 0. The number of piperazine rings is 1. The second-order valence-electron chi connectivity index (χ2n) is 8.22. The van der Waals surface area contributed by atoms with Gasteiger partial charge in [0.05, 0.1) is 4.90 Å². The van der Waals surface area contributed by atoms with E-state index in [0.717, 1.165) is 18.5 Å². The summed E-state index contributed by atoms with van der Waals surface area (Å²) in [6.45, 7) is 10.5. The van der Waals surface area contributed by atoms with Crippen molar-refractivity contribution in [1.29, 1.82) is 0 Å². The predicted octanol–water partition coefficient (Wildman–Crippen LogP) is 4.14. The molecule has 0 aromatic heterocycles. The van der Waals surface area contributed by atoms with Crippen LogP contribution in [0.5, 0.6) is 0 Å². The smallest absolute Gasteiger partial charge is 0.243 e. The molecular formula is C23H32N2O2S. The summed E-state index contributed by atoms with van der Waals surface area (Å²) in [4.78, 5) is 2.83. The molecule has 0 amide bonds. The fraction of sp³-hybridized carbons (Fsp3) is 0.478. The van der Waals surface area contributed by atoms with E-state index in [1.807, 2.05) is 18.2 Å². The highest BCUT2D eigenvalue weighted by atomic mass is 32.2. The summed E-state index contributed by atoms with van der Waals surface area (Å²) < 4.78 is 28.0. The molecule has 0 spiro atoms. The number of rotatable bonds is 6. The van der Waals surface area contributed by atoms with Crippen LogP contribution in [0.3, 0.4) is 0 Å². The molecule has 3 rings (SSSR count). The third-order valence-corrected chi connectivity index (χ3v) is 7.60. The SMILES string of the molecule is CC(C)c1ccc(S(=O)(=O)N2CC(C)N(CCc3ccccc3)C(C)C2)cc1. The maximum Gasteiger partial charge on any atom is 0.243 e. The van der Waals surface area contributed by atoms with Crippen LogP contribution in [0.15, 0.2) is 59.5 Å². The van der Waals surface area contributed by atoms with Gasteiger partial charge in [-0.25, -0.2) is 8.42 Å². The van der Waals surface area contributed by atoms with Crippen LogP contribution in [0.25, 0.3) is 0 Å². The van der Waals surface area contributed by atoms with Gasteiger partial charge in [-0.05, 0) is 49.4 Å². The minimum absolute atomic E-state index is 0.192. The normalized spacial score (nSPS) is 21.9. The Labute approximate surface area is 170 Å². The van der Waals surface area contributed by atoms with Gasteiger partial charge in [-0.2, -0.15) is 4.31 Å². The monoisotopic (exact) mass is 400 g/mol. The van der Waals surface area contributed by atoms with Gasteiger partial charge < -0.3 is 0 Å². The van der Waals surface area contributed by atoms with Gasteiger partial charge in [0.25, 0.3) is 0 Å². The van der Waals surface area contributed by atoms with E-state index < -0.39 is 10.0 Å². The molecule has 0 saturated carbocycles. The Kier molecular flexibility index (Phi) is 6.58. The fourth-order valence-electron chi connectivity index (χ4n) is 4.02. The van der Waals surface area contributed by atoms with Crippen LogP contribution in [0.1, 0.15) is 44.7 Å². The molecule has 1 saturated heterocycles. The van der Waals surface area contributed by atoms with Gasteiger partial charge >= 0.3 is 0 Å². The molecule has 0 radical (unpaired) electrons. The lowest BCUT2D eigenvalue weighted by Gasteiger charge is -2.43. The lowest BCUT2D eigenvalue weighted by Crippen LogP contribution is -2.58. The maximum absolute atomic E-state index is 13.2. The fourth-order valence-corrected chi connectivity index (χ4v) is 5.62. The molecule has 28 heavy (non-hydrogen) atoms. The number of hydrogen-bond donors (Lipinski definition) is 0. The second-order valence-corrected chi connectivity index (χ2v) is 10.2. The molecule has 0 aliphatic carbocycles. The minimum Gasteiger partial charge on any atom is -0.295 e. The zero-order chi connectivity index (χ0) is 20.3. The lowest BCUT2D eigenvalue weighted by atomic mass is 10.0. The van der Waals surface area contributed by atoms with Crippen molar-refractivity contribution in [3.63, 3.8) is 0 Å². The largest absolute Gasteiger partial charge is 0.295 e. The van der Waals surface area contributed by atoms with Gasteiger partial charge in [-0.1, -0.05) is 56.3 Å². The highest BCUT2D eigenvalue weighted by Crippen LogP contribution is 2.25. The van der Waals surface area contributed by atoms with E-state index in [4.69, 9.17) is 0 Å². The molecule has 0 N–H and O–H groups in total. The van der Waals surface area contributed by atoms with Crippen molar-refractivity contribution in [2.24, 2.45) is 0 Å². The maximum atomic E-state index is 13.2. The van der Waals surface area contributed by atoms with Crippen LogP contribution < -0.4 is 0 Å². The third kappa shape index (κ3) is 4.65. The molecule has 2 aromatic rings. The average Bonchev–Trinajstić information content (AvgIpc) is 2.68. The van der Waals surface area contributed by atoms with Gasteiger partial charge in [-0.3, -0.25) is 4.90 Å². The molecular weight excluding hydrogens is 368 g/mol. The van der Waals surface area contributed by atoms with E-state index in [1.165, 1.54) is 5.56 Å². The first kappa shape index (κ1) is 21.0. The molecule has 5 heteroatoms. The predicted molar refractivity (Wildman–Crippen MR) is 115 cm³/mol. The first-order valence-electron chi connectivity index (χ1n) is 10.2. The van der Waals surface area contributed by atoms with E-state index in [-0.39, 0.29) is 12.1 Å². The zero-order valence-corrected chi connectivity index (χ0v) is 18.2. The van der Waals surface area contributed by atoms with Crippen molar-refractivity contribution in [1.82, 2.24) is 9.21 Å². The molecule has 1 heterocycles. The van der Waals surface area contributed by atoms with E-state index in [1.54, 1.807) is 16.4 Å². The van der Waals surface area contributed by atoms with Gasteiger partial charge in [0.15, 0.2) is 0 Å². The quantitative estimate of drug-likeness (QED) is 0.732. The van der Waals surface area contributed by atoms with Crippen LogP contribution in [-0.2, 0) is 16.4 Å². The molecule has 4 nitrogen and oxygen atoms in total. The summed E-state index contributed by atoms with van der Waals surface area (Å²) in [5.74, 6) is 0.393.